The summed E-state index contributed by atoms with van der Waals surface area (Å²) in [6, 6.07) is 23.7. The first kappa shape index (κ1) is 21.6. The molecule has 1 saturated heterocycles. The fourth-order valence-corrected chi connectivity index (χ4v) is 3.83. The first-order valence-electron chi connectivity index (χ1n) is 11.0. The Balaban J connectivity index is 1.32. The molecule has 0 unspecified atom stereocenters. The third-order valence-electron chi connectivity index (χ3n) is 5.48. The van der Waals surface area contributed by atoms with E-state index in [1.807, 2.05) is 54.6 Å². The van der Waals surface area contributed by atoms with Crippen molar-refractivity contribution in [1.29, 1.82) is 0 Å². The first-order valence-corrected chi connectivity index (χ1v) is 11.0. The van der Waals surface area contributed by atoms with E-state index >= 15 is 0 Å². The average molecular weight is 429 g/mol. The summed E-state index contributed by atoms with van der Waals surface area (Å²) < 4.78 is 0. The maximum atomic E-state index is 12.7. The van der Waals surface area contributed by atoms with E-state index in [-0.39, 0.29) is 11.9 Å². The van der Waals surface area contributed by atoms with Gasteiger partial charge in [0.25, 0.3) is 5.91 Å². The number of carbonyl (C=O) groups excluding carboxylic acids is 2. The summed E-state index contributed by atoms with van der Waals surface area (Å²) in [5.41, 5.74) is 3.74. The third kappa shape index (κ3) is 6.18. The molecule has 0 aliphatic carbocycles. The van der Waals surface area contributed by atoms with Gasteiger partial charge in [-0.15, -0.1) is 0 Å². The zero-order valence-electron chi connectivity index (χ0n) is 18.0. The van der Waals surface area contributed by atoms with Gasteiger partial charge >= 0.3 is 6.03 Å². The molecule has 0 saturated carbocycles. The maximum Gasteiger partial charge on any atom is 0.323 e. The first-order chi connectivity index (χ1) is 15.7. The van der Waals surface area contributed by atoms with E-state index in [0.29, 0.717) is 22.6 Å². The van der Waals surface area contributed by atoms with Crippen LogP contribution in [0.1, 0.15) is 35.2 Å². The van der Waals surface area contributed by atoms with E-state index in [4.69, 9.17) is 0 Å². The highest BCUT2D eigenvalue weighted by molar-refractivity contribution is 6.05. The van der Waals surface area contributed by atoms with Gasteiger partial charge in [-0.1, -0.05) is 42.8 Å². The molecule has 0 atom stereocenters. The summed E-state index contributed by atoms with van der Waals surface area (Å²) in [7, 11) is 0. The van der Waals surface area contributed by atoms with Gasteiger partial charge in [0.1, 0.15) is 0 Å². The van der Waals surface area contributed by atoms with Gasteiger partial charge in [-0.2, -0.15) is 0 Å². The summed E-state index contributed by atoms with van der Waals surface area (Å²) in [6.07, 6.45) is 3.86. The average Bonchev–Trinajstić information content (AvgIpc) is 2.81. The van der Waals surface area contributed by atoms with Gasteiger partial charge in [0.2, 0.25) is 0 Å². The minimum atomic E-state index is -0.344. The topological polar surface area (TPSA) is 73.5 Å². The Morgan fingerprint density at radius 3 is 2.03 bits per heavy atom. The molecule has 1 aliphatic rings. The Morgan fingerprint density at radius 2 is 1.31 bits per heavy atom. The Bertz CT molecular complexity index is 1040. The second-order valence-corrected chi connectivity index (χ2v) is 8.01. The van der Waals surface area contributed by atoms with Crippen LogP contribution in [0.15, 0.2) is 78.9 Å². The zero-order chi connectivity index (χ0) is 22.2. The van der Waals surface area contributed by atoms with Gasteiger partial charge in [0.05, 0.1) is 0 Å². The van der Waals surface area contributed by atoms with Crippen LogP contribution in [0.3, 0.4) is 0 Å². The van der Waals surface area contributed by atoms with Crippen LogP contribution in [-0.2, 0) is 6.54 Å². The van der Waals surface area contributed by atoms with E-state index in [1.54, 1.807) is 24.3 Å². The van der Waals surface area contributed by atoms with Crippen molar-refractivity contribution in [1.82, 2.24) is 4.90 Å². The van der Waals surface area contributed by atoms with Crippen LogP contribution >= 0.6 is 0 Å². The summed E-state index contributed by atoms with van der Waals surface area (Å²) in [4.78, 5) is 27.3. The molecule has 3 aromatic rings. The molecular formula is C26H28N4O2. The number of para-hydroxylation sites is 1. The van der Waals surface area contributed by atoms with Crippen molar-refractivity contribution < 1.29 is 9.59 Å². The number of benzene rings is 3. The van der Waals surface area contributed by atoms with Gasteiger partial charge in [0.15, 0.2) is 0 Å². The lowest BCUT2D eigenvalue weighted by Crippen LogP contribution is -2.29. The maximum absolute atomic E-state index is 12.7. The summed E-state index contributed by atoms with van der Waals surface area (Å²) in [5.74, 6) is -0.180. The number of piperidine rings is 1. The van der Waals surface area contributed by atoms with E-state index in [1.165, 1.54) is 24.8 Å². The van der Waals surface area contributed by atoms with E-state index in [0.717, 1.165) is 19.6 Å². The van der Waals surface area contributed by atoms with Gasteiger partial charge < -0.3 is 16.0 Å². The second kappa shape index (κ2) is 10.6. The van der Waals surface area contributed by atoms with Crippen LogP contribution in [0.25, 0.3) is 0 Å². The highest BCUT2D eigenvalue weighted by Crippen LogP contribution is 2.18. The normalized spacial score (nSPS) is 13.9. The largest absolute Gasteiger partial charge is 0.323 e. The minimum Gasteiger partial charge on any atom is -0.322 e. The van der Waals surface area contributed by atoms with Crippen LogP contribution in [-0.4, -0.2) is 29.9 Å². The minimum absolute atomic E-state index is 0.180. The van der Waals surface area contributed by atoms with Crippen LogP contribution in [0.4, 0.5) is 21.9 Å². The molecule has 6 nitrogen and oxygen atoms in total. The number of hydrogen-bond acceptors (Lipinski definition) is 3. The molecule has 3 N–H and O–H groups in total. The summed E-state index contributed by atoms with van der Waals surface area (Å²) in [5, 5.41) is 8.46. The molecule has 32 heavy (non-hydrogen) atoms. The van der Waals surface area contributed by atoms with Gasteiger partial charge in [-0.05, 0) is 74.0 Å². The zero-order valence-corrected chi connectivity index (χ0v) is 18.0. The predicted octanol–water partition coefficient (Wildman–Crippen LogP) is 5.57. The number of rotatable bonds is 6. The van der Waals surface area contributed by atoms with Crippen molar-refractivity contribution in [3.63, 3.8) is 0 Å². The lowest BCUT2D eigenvalue weighted by atomic mass is 10.1. The molecule has 1 heterocycles. The standard InChI is InChI=1S/C26H28N4O2/c31-25(21-14-12-20(13-15-21)19-30-16-5-2-6-17-30)27-23-10-7-11-24(18-23)29-26(32)28-22-8-3-1-4-9-22/h1,3-4,7-15,18H,2,5-6,16-17,19H2,(H,27,31)(H2,28,29,32). The van der Waals surface area contributed by atoms with Crippen LogP contribution in [0.2, 0.25) is 0 Å². The molecule has 4 rings (SSSR count). The summed E-state index contributed by atoms with van der Waals surface area (Å²) >= 11 is 0. The number of likely N-dealkylation sites (tertiary alicyclic amines) is 1. The van der Waals surface area contributed by atoms with Crippen molar-refractivity contribution in [2.45, 2.75) is 25.8 Å². The molecule has 1 aliphatic heterocycles. The number of anilines is 3. The van der Waals surface area contributed by atoms with Crippen molar-refractivity contribution in [3.8, 4) is 0 Å². The molecule has 3 aromatic carbocycles. The van der Waals surface area contributed by atoms with Gasteiger partial charge in [-0.25, -0.2) is 4.79 Å². The lowest BCUT2D eigenvalue weighted by Gasteiger charge is -2.26. The monoisotopic (exact) mass is 428 g/mol. The smallest absolute Gasteiger partial charge is 0.322 e. The molecule has 0 aromatic heterocycles. The third-order valence-corrected chi connectivity index (χ3v) is 5.48. The highest BCUT2D eigenvalue weighted by atomic mass is 16.2. The number of nitrogens with zero attached hydrogens (tertiary/aromatic N) is 1. The van der Waals surface area contributed by atoms with Crippen molar-refractivity contribution in [2.24, 2.45) is 0 Å². The molecule has 6 heteroatoms. The Morgan fingerprint density at radius 1 is 0.688 bits per heavy atom. The molecule has 164 valence electrons. The molecule has 0 radical (unpaired) electrons. The fourth-order valence-electron chi connectivity index (χ4n) is 3.83. The van der Waals surface area contributed by atoms with Crippen LogP contribution in [0, 0.1) is 0 Å². The van der Waals surface area contributed by atoms with Crippen LogP contribution in [0.5, 0.6) is 0 Å². The number of amides is 3. The Labute approximate surface area is 188 Å². The van der Waals surface area contributed by atoms with Crippen molar-refractivity contribution >= 4 is 29.0 Å². The number of urea groups is 1. The molecule has 1 fully saturated rings. The van der Waals surface area contributed by atoms with Crippen LogP contribution < -0.4 is 16.0 Å². The predicted molar refractivity (Wildman–Crippen MR) is 129 cm³/mol. The molecular weight excluding hydrogens is 400 g/mol. The van der Waals surface area contributed by atoms with E-state index in [2.05, 4.69) is 20.9 Å². The van der Waals surface area contributed by atoms with Gasteiger partial charge in [-0.3, -0.25) is 9.69 Å². The molecule has 0 bridgehead atoms. The van der Waals surface area contributed by atoms with Crippen molar-refractivity contribution in [2.75, 3.05) is 29.0 Å². The lowest BCUT2D eigenvalue weighted by molar-refractivity contribution is 0.102. The Hall–Kier alpha value is -3.64. The summed E-state index contributed by atoms with van der Waals surface area (Å²) in [6.45, 7) is 3.23. The second-order valence-electron chi connectivity index (χ2n) is 8.01. The number of carbonyl (C=O) groups is 2. The Kier molecular flexibility index (Phi) is 7.15. The molecule has 0 spiro atoms. The van der Waals surface area contributed by atoms with Gasteiger partial charge in [0, 0.05) is 29.2 Å². The SMILES string of the molecule is O=C(Nc1ccccc1)Nc1cccc(NC(=O)c2ccc(CN3CCCCC3)cc2)c1. The van der Waals surface area contributed by atoms with Crippen molar-refractivity contribution in [3.05, 3.63) is 90.0 Å². The quantitative estimate of drug-likeness (QED) is 0.481. The number of hydrogen-bond donors (Lipinski definition) is 3. The molecule has 3 amide bonds. The number of nitrogens with one attached hydrogen (secondary N) is 3. The fraction of sp³-hybridized carbons (Fsp3) is 0.231. The highest BCUT2D eigenvalue weighted by Gasteiger charge is 2.12. The van der Waals surface area contributed by atoms with E-state index < -0.39 is 0 Å². The van der Waals surface area contributed by atoms with E-state index in [9.17, 15) is 9.59 Å².